The van der Waals surface area contributed by atoms with E-state index in [1.54, 1.807) is 7.11 Å². The third kappa shape index (κ3) is 1.56. The van der Waals surface area contributed by atoms with Crippen LogP contribution in [0.3, 0.4) is 0 Å². The summed E-state index contributed by atoms with van der Waals surface area (Å²) in [5, 5.41) is 5.67. The number of para-hydroxylation sites is 2. The number of hydrogen-bond acceptors (Lipinski definition) is 3. The number of amides is 1. The van der Waals surface area contributed by atoms with E-state index in [2.05, 4.69) is 5.10 Å². The van der Waals surface area contributed by atoms with Crippen molar-refractivity contribution < 1.29 is 9.53 Å². The topological polar surface area (TPSA) is 41.9 Å². The van der Waals surface area contributed by atoms with Gasteiger partial charge in [0.05, 0.1) is 13.0 Å². The summed E-state index contributed by atoms with van der Waals surface area (Å²) >= 11 is 0. The summed E-state index contributed by atoms with van der Waals surface area (Å²) in [7, 11) is 1.58. The molecule has 0 bridgehead atoms. The van der Waals surface area contributed by atoms with Gasteiger partial charge in [-0.3, -0.25) is 4.79 Å². The number of hydrazone groups is 1. The van der Waals surface area contributed by atoms with E-state index in [1.165, 1.54) is 5.01 Å². The summed E-state index contributed by atoms with van der Waals surface area (Å²) in [5.41, 5.74) is 1.52. The first kappa shape index (κ1) is 10.7. The van der Waals surface area contributed by atoms with Crippen molar-refractivity contribution in [2.45, 2.75) is 13.8 Å². The normalized spacial score (nSPS) is 19.9. The predicted molar refractivity (Wildman–Crippen MR) is 62.8 cm³/mol. The number of methoxy groups -OCH3 is 1. The first-order valence-electron chi connectivity index (χ1n) is 5.17. The highest BCUT2D eigenvalue weighted by Crippen LogP contribution is 2.31. The molecule has 16 heavy (non-hydrogen) atoms. The third-order valence-corrected chi connectivity index (χ3v) is 2.78. The Morgan fingerprint density at radius 3 is 2.62 bits per heavy atom. The lowest BCUT2D eigenvalue weighted by molar-refractivity contribution is -0.119. The van der Waals surface area contributed by atoms with Crippen LogP contribution in [0.4, 0.5) is 5.69 Å². The fourth-order valence-corrected chi connectivity index (χ4v) is 1.63. The van der Waals surface area contributed by atoms with Crippen molar-refractivity contribution in [3.8, 4) is 5.75 Å². The maximum atomic E-state index is 11.9. The number of carbonyl (C=O) groups is 1. The first-order chi connectivity index (χ1) is 7.65. The van der Waals surface area contributed by atoms with Gasteiger partial charge in [-0.15, -0.1) is 0 Å². The van der Waals surface area contributed by atoms with E-state index in [0.717, 1.165) is 5.71 Å². The Kier molecular flexibility index (Phi) is 2.64. The molecule has 0 saturated heterocycles. The van der Waals surface area contributed by atoms with Gasteiger partial charge in [-0.05, 0) is 26.0 Å². The molecule has 0 spiro atoms. The lowest BCUT2D eigenvalue weighted by Crippen LogP contribution is -2.25. The third-order valence-electron chi connectivity index (χ3n) is 2.78. The second kappa shape index (κ2) is 3.96. The quantitative estimate of drug-likeness (QED) is 0.762. The summed E-state index contributed by atoms with van der Waals surface area (Å²) in [6, 6.07) is 7.36. The van der Waals surface area contributed by atoms with Crippen LogP contribution in [0.25, 0.3) is 0 Å². The van der Waals surface area contributed by atoms with Gasteiger partial charge in [0.2, 0.25) is 0 Å². The Hall–Kier alpha value is -1.84. The second-order valence-corrected chi connectivity index (χ2v) is 3.78. The molecule has 1 amide bonds. The van der Waals surface area contributed by atoms with Crippen LogP contribution in [0.15, 0.2) is 29.4 Å². The summed E-state index contributed by atoms with van der Waals surface area (Å²) in [6.45, 7) is 3.72. The Morgan fingerprint density at radius 2 is 2.06 bits per heavy atom. The van der Waals surface area contributed by atoms with Crippen LogP contribution in [-0.4, -0.2) is 18.7 Å². The van der Waals surface area contributed by atoms with Gasteiger partial charge in [-0.2, -0.15) is 10.1 Å². The van der Waals surface area contributed by atoms with Crippen molar-refractivity contribution in [2.24, 2.45) is 11.0 Å². The number of carbonyl (C=O) groups excluding carboxylic acids is 1. The molecule has 4 nitrogen and oxygen atoms in total. The summed E-state index contributed by atoms with van der Waals surface area (Å²) in [6.07, 6.45) is 0. The number of nitrogens with zero attached hydrogens (tertiary/aromatic N) is 2. The molecule has 0 aliphatic carbocycles. The Morgan fingerprint density at radius 1 is 1.38 bits per heavy atom. The van der Waals surface area contributed by atoms with Crippen molar-refractivity contribution in [2.75, 3.05) is 12.1 Å². The second-order valence-electron chi connectivity index (χ2n) is 3.78. The fraction of sp³-hybridized carbons (Fsp3) is 0.333. The van der Waals surface area contributed by atoms with Gasteiger partial charge in [-0.1, -0.05) is 12.1 Å². The molecular formula is C12H14N2O2. The molecule has 0 radical (unpaired) electrons. The van der Waals surface area contributed by atoms with E-state index in [0.29, 0.717) is 11.4 Å². The van der Waals surface area contributed by atoms with Gasteiger partial charge in [0.15, 0.2) is 0 Å². The fourth-order valence-electron chi connectivity index (χ4n) is 1.63. The number of ether oxygens (including phenoxy) is 1. The molecular weight excluding hydrogens is 204 g/mol. The van der Waals surface area contributed by atoms with Gasteiger partial charge < -0.3 is 4.74 Å². The van der Waals surface area contributed by atoms with E-state index >= 15 is 0 Å². The van der Waals surface area contributed by atoms with Crippen LogP contribution in [0, 0.1) is 5.92 Å². The minimum absolute atomic E-state index is 0.0120. The molecule has 0 saturated carbocycles. The smallest absolute Gasteiger partial charge is 0.256 e. The molecule has 1 aliphatic heterocycles. The summed E-state index contributed by atoms with van der Waals surface area (Å²) in [5.74, 6) is 0.494. The van der Waals surface area contributed by atoms with Crippen molar-refractivity contribution in [3.05, 3.63) is 24.3 Å². The molecule has 1 atom stereocenters. The maximum Gasteiger partial charge on any atom is 0.256 e. The lowest BCUT2D eigenvalue weighted by Gasteiger charge is -2.15. The van der Waals surface area contributed by atoms with Crippen molar-refractivity contribution in [3.63, 3.8) is 0 Å². The molecule has 1 aromatic rings. The van der Waals surface area contributed by atoms with Gasteiger partial charge in [0.1, 0.15) is 11.4 Å². The highest BCUT2D eigenvalue weighted by Gasteiger charge is 2.31. The molecule has 84 valence electrons. The average Bonchev–Trinajstić information content (AvgIpc) is 2.57. The first-order valence-corrected chi connectivity index (χ1v) is 5.17. The maximum absolute atomic E-state index is 11.9. The average molecular weight is 218 g/mol. The largest absolute Gasteiger partial charge is 0.494 e. The van der Waals surface area contributed by atoms with E-state index in [9.17, 15) is 4.79 Å². The summed E-state index contributed by atoms with van der Waals surface area (Å²) in [4.78, 5) is 11.9. The molecule has 4 heteroatoms. The van der Waals surface area contributed by atoms with Crippen LogP contribution < -0.4 is 9.75 Å². The predicted octanol–water partition coefficient (Wildman–Crippen LogP) is 2.05. The SMILES string of the molecule is COc1ccccc1N1N=C(C)C(C)C1=O. The molecule has 1 heterocycles. The summed E-state index contributed by atoms with van der Waals surface area (Å²) < 4.78 is 5.21. The highest BCUT2D eigenvalue weighted by atomic mass is 16.5. The van der Waals surface area contributed by atoms with Crippen LogP contribution in [-0.2, 0) is 4.79 Å². The van der Waals surface area contributed by atoms with E-state index in [-0.39, 0.29) is 11.8 Å². The van der Waals surface area contributed by atoms with Crippen molar-refractivity contribution >= 4 is 17.3 Å². The minimum atomic E-state index is -0.148. The van der Waals surface area contributed by atoms with Gasteiger partial charge >= 0.3 is 0 Å². The molecule has 1 unspecified atom stereocenters. The van der Waals surface area contributed by atoms with E-state index in [4.69, 9.17) is 4.74 Å². The Bertz CT molecular complexity index is 454. The highest BCUT2D eigenvalue weighted by molar-refractivity contribution is 6.14. The number of anilines is 1. The Balaban J connectivity index is 2.42. The Labute approximate surface area is 94.5 Å². The monoisotopic (exact) mass is 218 g/mol. The van der Waals surface area contributed by atoms with Crippen molar-refractivity contribution in [1.29, 1.82) is 0 Å². The van der Waals surface area contributed by atoms with Gasteiger partial charge in [0.25, 0.3) is 5.91 Å². The van der Waals surface area contributed by atoms with Crippen LogP contribution in [0.2, 0.25) is 0 Å². The van der Waals surface area contributed by atoms with Crippen LogP contribution in [0.5, 0.6) is 5.75 Å². The zero-order valence-electron chi connectivity index (χ0n) is 9.60. The standard InChI is InChI=1S/C12H14N2O2/c1-8-9(2)13-14(12(8)15)10-6-4-5-7-11(10)16-3/h4-8H,1-3H3. The number of hydrogen-bond donors (Lipinski definition) is 0. The number of rotatable bonds is 2. The molecule has 1 aromatic carbocycles. The van der Waals surface area contributed by atoms with Gasteiger partial charge in [0, 0.05) is 5.71 Å². The van der Waals surface area contributed by atoms with Crippen LogP contribution in [0.1, 0.15) is 13.8 Å². The molecule has 0 aromatic heterocycles. The number of benzene rings is 1. The van der Waals surface area contributed by atoms with Crippen molar-refractivity contribution in [1.82, 2.24) is 0 Å². The van der Waals surface area contributed by atoms with Crippen LogP contribution >= 0.6 is 0 Å². The molecule has 1 aliphatic rings. The zero-order valence-corrected chi connectivity index (χ0v) is 9.60. The molecule has 2 rings (SSSR count). The molecule has 0 N–H and O–H groups in total. The van der Waals surface area contributed by atoms with E-state index < -0.39 is 0 Å². The van der Waals surface area contributed by atoms with Gasteiger partial charge in [-0.25, -0.2) is 0 Å². The minimum Gasteiger partial charge on any atom is -0.494 e. The lowest BCUT2D eigenvalue weighted by atomic mass is 10.1. The van der Waals surface area contributed by atoms with E-state index in [1.807, 2.05) is 38.1 Å². The zero-order chi connectivity index (χ0) is 11.7. The molecule has 0 fully saturated rings.